The second-order valence-electron chi connectivity index (χ2n) is 4.48. The summed E-state index contributed by atoms with van der Waals surface area (Å²) < 4.78 is 15.7. The van der Waals surface area contributed by atoms with Crippen LogP contribution in [0, 0.1) is 5.92 Å². The van der Waals surface area contributed by atoms with Gasteiger partial charge < -0.3 is 25.3 Å². The van der Waals surface area contributed by atoms with Gasteiger partial charge in [0.2, 0.25) is 5.95 Å². The van der Waals surface area contributed by atoms with Crippen LogP contribution in [0.25, 0.3) is 0 Å². The van der Waals surface area contributed by atoms with Crippen LogP contribution in [-0.4, -0.2) is 61.9 Å². The van der Waals surface area contributed by atoms with E-state index in [9.17, 15) is 0 Å². The van der Waals surface area contributed by atoms with Crippen molar-refractivity contribution in [1.29, 1.82) is 0 Å². The van der Waals surface area contributed by atoms with Crippen molar-refractivity contribution in [2.45, 2.75) is 6.92 Å². The Labute approximate surface area is 129 Å². The standard InChI is InChI=1S/C12H22ClN5O3/c1-9(8-21-6-5-20-4-3-19-2)7-15-12-16-11(14)10(13)17-18-12/h9H,3-8H2,1-2H3,(H3,14,15,16,18). The fraction of sp³-hybridized carbons (Fsp3) is 0.750. The van der Waals surface area contributed by atoms with E-state index < -0.39 is 0 Å². The summed E-state index contributed by atoms with van der Waals surface area (Å²) >= 11 is 5.64. The highest BCUT2D eigenvalue weighted by Crippen LogP contribution is 2.12. The molecule has 9 heteroatoms. The summed E-state index contributed by atoms with van der Waals surface area (Å²) in [6.07, 6.45) is 0. The van der Waals surface area contributed by atoms with Gasteiger partial charge in [-0.3, -0.25) is 0 Å². The predicted molar refractivity (Wildman–Crippen MR) is 80.4 cm³/mol. The largest absolute Gasteiger partial charge is 0.382 e. The number of anilines is 2. The second kappa shape index (κ2) is 10.5. The Kier molecular flexibility index (Phi) is 8.91. The molecule has 0 aliphatic rings. The molecule has 120 valence electrons. The number of hydrogen-bond donors (Lipinski definition) is 2. The van der Waals surface area contributed by atoms with Crippen molar-refractivity contribution < 1.29 is 14.2 Å². The maximum absolute atomic E-state index is 5.64. The Bertz CT molecular complexity index is 410. The van der Waals surface area contributed by atoms with Crippen LogP contribution in [0.2, 0.25) is 5.15 Å². The van der Waals surface area contributed by atoms with Gasteiger partial charge in [0.25, 0.3) is 0 Å². The molecular formula is C12H22ClN5O3. The number of aromatic nitrogens is 3. The summed E-state index contributed by atoms with van der Waals surface area (Å²) in [4.78, 5) is 3.97. The molecule has 1 aromatic rings. The molecule has 8 nitrogen and oxygen atoms in total. The first-order valence-electron chi connectivity index (χ1n) is 6.67. The van der Waals surface area contributed by atoms with Gasteiger partial charge >= 0.3 is 0 Å². The normalized spacial score (nSPS) is 12.3. The molecule has 0 aliphatic carbocycles. The molecule has 0 saturated carbocycles. The number of nitrogens with one attached hydrogen (secondary N) is 1. The molecule has 1 heterocycles. The monoisotopic (exact) mass is 319 g/mol. The number of nitrogens with zero attached hydrogens (tertiary/aromatic N) is 3. The summed E-state index contributed by atoms with van der Waals surface area (Å²) in [6, 6.07) is 0. The molecule has 0 radical (unpaired) electrons. The summed E-state index contributed by atoms with van der Waals surface area (Å²) in [5, 5.41) is 10.6. The summed E-state index contributed by atoms with van der Waals surface area (Å²) in [5.74, 6) is 0.794. The maximum atomic E-state index is 5.64. The lowest BCUT2D eigenvalue weighted by molar-refractivity contribution is 0.0180. The first-order chi connectivity index (χ1) is 10.1. The lowest BCUT2D eigenvalue weighted by atomic mass is 10.2. The van der Waals surface area contributed by atoms with Gasteiger partial charge in [0, 0.05) is 13.7 Å². The van der Waals surface area contributed by atoms with Crippen molar-refractivity contribution in [1.82, 2.24) is 15.2 Å². The van der Waals surface area contributed by atoms with E-state index in [1.807, 2.05) is 6.92 Å². The highest BCUT2D eigenvalue weighted by Gasteiger charge is 2.06. The van der Waals surface area contributed by atoms with Gasteiger partial charge in [0.05, 0.1) is 33.0 Å². The third kappa shape index (κ3) is 7.96. The van der Waals surface area contributed by atoms with Crippen LogP contribution in [-0.2, 0) is 14.2 Å². The number of rotatable bonds is 11. The average Bonchev–Trinajstić information content (AvgIpc) is 2.47. The topological polar surface area (TPSA) is 104 Å². The molecular weight excluding hydrogens is 298 g/mol. The number of ether oxygens (including phenoxy) is 3. The van der Waals surface area contributed by atoms with Crippen LogP contribution in [0.3, 0.4) is 0 Å². The van der Waals surface area contributed by atoms with Gasteiger partial charge in [-0.15, -0.1) is 10.2 Å². The molecule has 1 atom stereocenters. The number of nitrogen functional groups attached to an aromatic ring is 1. The van der Waals surface area contributed by atoms with Crippen LogP contribution < -0.4 is 11.1 Å². The molecule has 0 bridgehead atoms. The van der Waals surface area contributed by atoms with E-state index in [0.717, 1.165) is 0 Å². The molecule has 0 spiro atoms. The molecule has 3 N–H and O–H groups in total. The molecule has 0 fully saturated rings. The zero-order valence-corrected chi connectivity index (χ0v) is 13.1. The first-order valence-corrected chi connectivity index (χ1v) is 7.05. The fourth-order valence-electron chi connectivity index (χ4n) is 1.37. The van der Waals surface area contributed by atoms with Crippen LogP contribution in [0.15, 0.2) is 0 Å². The molecule has 0 amide bonds. The molecule has 1 unspecified atom stereocenters. The van der Waals surface area contributed by atoms with Crippen molar-refractivity contribution in [2.75, 3.05) is 57.7 Å². The minimum absolute atomic E-state index is 0.102. The minimum atomic E-state index is 0.102. The SMILES string of the molecule is COCCOCCOCC(C)CNc1nnc(Cl)c(N)n1. The van der Waals surface area contributed by atoms with Crippen LogP contribution >= 0.6 is 11.6 Å². The van der Waals surface area contributed by atoms with E-state index >= 15 is 0 Å². The Morgan fingerprint density at radius 1 is 1.19 bits per heavy atom. The van der Waals surface area contributed by atoms with Gasteiger partial charge in [-0.2, -0.15) is 4.98 Å². The van der Waals surface area contributed by atoms with Crippen LogP contribution in [0.1, 0.15) is 6.92 Å². The van der Waals surface area contributed by atoms with Gasteiger partial charge in [-0.1, -0.05) is 18.5 Å². The quantitative estimate of drug-likeness (QED) is 0.578. The molecule has 0 saturated heterocycles. The maximum Gasteiger partial charge on any atom is 0.244 e. The predicted octanol–water partition coefficient (Wildman–Crippen LogP) is 0.835. The Morgan fingerprint density at radius 3 is 2.62 bits per heavy atom. The third-order valence-corrected chi connectivity index (χ3v) is 2.75. The minimum Gasteiger partial charge on any atom is -0.382 e. The smallest absolute Gasteiger partial charge is 0.244 e. The van der Waals surface area contributed by atoms with Crippen LogP contribution in [0.5, 0.6) is 0 Å². The molecule has 0 aromatic carbocycles. The number of nitrogens with two attached hydrogens (primary N) is 1. The number of halogens is 1. The lowest BCUT2D eigenvalue weighted by Gasteiger charge is -2.13. The average molecular weight is 320 g/mol. The Balaban J connectivity index is 2.08. The number of methoxy groups -OCH3 is 1. The van der Waals surface area contributed by atoms with Crippen molar-refractivity contribution >= 4 is 23.4 Å². The van der Waals surface area contributed by atoms with Gasteiger partial charge in [-0.05, 0) is 5.92 Å². The lowest BCUT2D eigenvalue weighted by Crippen LogP contribution is -2.19. The highest BCUT2D eigenvalue weighted by molar-refractivity contribution is 6.31. The fourth-order valence-corrected chi connectivity index (χ4v) is 1.45. The Hall–Kier alpha value is -1.22. The zero-order chi connectivity index (χ0) is 15.5. The van der Waals surface area contributed by atoms with Crippen LogP contribution in [0.4, 0.5) is 11.8 Å². The van der Waals surface area contributed by atoms with E-state index in [2.05, 4.69) is 20.5 Å². The van der Waals surface area contributed by atoms with Crippen molar-refractivity contribution in [3.8, 4) is 0 Å². The van der Waals surface area contributed by atoms with E-state index in [0.29, 0.717) is 45.5 Å². The first kappa shape index (κ1) is 17.8. The molecule has 0 aliphatic heterocycles. The zero-order valence-electron chi connectivity index (χ0n) is 12.3. The van der Waals surface area contributed by atoms with Gasteiger partial charge in [0.1, 0.15) is 0 Å². The summed E-state index contributed by atoms with van der Waals surface area (Å²) in [6.45, 7) is 5.60. The molecule has 21 heavy (non-hydrogen) atoms. The van der Waals surface area contributed by atoms with E-state index in [4.69, 9.17) is 31.5 Å². The van der Waals surface area contributed by atoms with Crippen molar-refractivity contribution in [2.24, 2.45) is 5.92 Å². The molecule has 1 rings (SSSR count). The summed E-state index contributed by atoms with van der Waals surface area (Å²) in [5.41, 5.74) is 5.54. The Morgan fingerprint density at radius 2 is 1.90 bits per heavy atom. The number of hydrogen-bond acceptors (Lipinski definition) is 8. The van der Waals surface area contributed by atoms with Gasteiger partial charge in [-0.25, -0.2) is 0 Å². The van der Waals surface area contributed by atoms with Gasteiger partial charge in [0.15, 0.2) is 11.0 Å². The van der Waals surface area contributed by atoms with E-state index in [1.54, 1.807) is 7.11 Å². The van der Waals surface area contributed by atoms with E-state index in [1.165, 1.54) is 0 Å². The third-order valence-electron chi connectivity index (χ3n) is 2.49. The van der Waals surface area contributed by atoms with E-state index in [-0.39, 0.29) is 16.9 Å². The van der Waals surface area contributed by atoms with Crippen molar-refractivity contribution in [3.63, 3.8) is 0 Å². The summed E-state index contributed by atoms with van der Waals surface area (Å²) in [7, 11) is 1.64. The van der Waals surface area contributed by atoms with Crippen molar-refractivity contribution in [3.05, 3.63) is 5.15 Å². The second-order valence-corrected chi connectivity index (χ2v) is 4.84. The highest BCUT2D eigenvalue weighted by atomic mass is 35.5. The molecule has 1 aromatic heterocycles.